The van der Waals surface area contributed by atoms with Gasteiger partial charge < -0.3 is 15.5 Å². The third-order valence-electron chi connectivity index (χ3n) is 6.35. The molecule has 1 aliphatic carbocycles. The van der Waals surface area contributed by atoms with Crippen molar-refractivity contribution >= 4 is 11.9 Å². The molecule has 1 aromatic rings. The van der Waals surface area contributed by atoms with E-state index in [0.29, 0.717) is 24.8 Å². The standard InChI is InChI=1S/C12H16F3N.C10H16O4/c1-3-16-9(2)7-10-5-4-6-11(8-10)12(13,14)15;1-9(2)6(7(11)12)4-5-10(9,3)8(13)14/h4-6,8-9,16H,3,7H2,1-2H3;6H,4-5H2,1-3H3,(H,11,12)(H,13,14)/t9-;/m0./s1. The van der Waals surface area contributed by atoms with E-state index in [-0.39, 0.29) is 6.04 Å². The molecular formula is C22H32F3NO4. The van der Waals surface area contributed by atoms with Crippen LogP contribution in [0.5, 0.6) is 0 Å². The van der Waals surface area contributed by atoms with Crippen molar-refractivity contribution in [2.45, 2.75) is 66.1 Å². The Labute approximate surface area is 175 Å². The van der Waals surface area contributed by atoms with Crippen LogP contribution in [0.4, 0.5) is 13.2 Å². The zero-order chi connectivity index (χ0) is 23.3. The monoisotopic (exact) mass is 431 g/mol. The summed E-state index contributed by atoms with van der Waals surface area (Å²) in [5, 5.41) is 21.3. The van der Waals surface area contributed by atoms with Gasteiger partial charge in [0.1, 0.15) is 0 Å². The van der Waals surface area contributed by atoms with Gasteiger partial charge in [0.15, 0.2) is 0 Å². The van der Waals surface area contributed by atoms with Crippen LogP contribution in [0.2, 0.25) is 0 Å². The van der Waals surface area contributed by atoms with E-state index in [1.807, 2.05) is 13.8 Å². The van der Waals surface area contributed by atoms with Crippen LogP contribution in [-0.4, -0.2) is 34.7 Å². The molecule has 0 aromatic heterocycles. The molecule has 1 aromatic carbocycles. The lowest BCUT2D eigenvalue weighted by atomic mass is 9.66. The first-order valence-corrected chi connectivity index (χ1v) is 10.0. The molecule has 1 fully saturated rings. The molecule has 1 saturated carbocycles. The van der Waals surface area contributed by atoms with Crippen molar-refractivity contribution in [2.75, 3.05) is 6.54 Å². The van der Waals surface area contributed by atoms with Gasteiger partial charge in [-0.1, -0.05) is 39.0 Å². The van der Waals surface area contributed by atoms with Crippen molar-refractivity contribution in [1.82, 2.24) is 5.32 Å². The number of benzene rings is 1. The first-order chi connectivity index (χ1) is 13.7. The fourth-order valence-electron chi connectivity index (χ4n) is 3.96. The normalized spacial score (nSPS) is 23.9. The summed E-state index contributed by atoms with van der Waals surface area (Å²) in [6.45, 7) is 9.85. The van der Waals surface area contributed by atoms with Gasteiger partial charge in [-0.05, 0) is 56.7 Å². The van der Waals surface area contributed by atoms with Gasteiger partial charge in [0.2, 0.25) is 0 Å². The lowest BCUT2D eigenvalue weighted by molar-refractivity contribution is -0.157. The molecule has 0 heterocycles. The number of likely N-dealkylation sites (N-methyl/N-ethyl adjacent to an activating group) is 1. The number of hydrogen-bond donors (Lipinski definition) is 3. The van der Waals surface area contributed by atoms with Crippen LogP contribution >= 0.6 is 0 Å². The zero-order valence-corrected chi connectivity index (χ0v) is 18.1. The molecular weight excluding hydrogens is 399 g/mol. The van der Waals surface area contributed by atoms with E-state index >= 15 is 0 Å². The number of nitrogens with one attached hydrogen (secondary N) is 1. The lowest BCUT2D eigenvalue weighted by Crippen LogP contribution is -2.42. The summed E-state index contributed by atoms with van der Waals surface area (Å²) in [6, 6.07) is 5.68. The van der Waals surface area contributed by atoms with Gasteiger partial charge >= 0.3 is 18.1 Å². The summed E-state index contributed by atoms with van der Waals surface area (Å²) < 4.78 is 37.3. The molecule has 0 spiro atoms. The Morgan fingerprint density at radius 3 is 2.23 bits per heavy atom. The van der Waals surface area contributed by atoms with E-state index in [4.69, 9.17) is 10.2 Å². The second-order valence-electron chi connectivity index (χ2n) is 8.65. The average Bonchev–Trinajstić information content (AvgIpc) is 2.86. The molecule has 170 valence electrons. The molecule has 2 unspecified atom stereocenters. The number of halogens is 3. The number of carboxylic acid groups (broad SMARTS) is 2. The lowest BCUT2D eigenvalue weighted by Gasteiger charge is -2.36. The Morgan fingerprint density at radius 1 is 1.23 bits per heavy atom. The number of carbonyl (C=O) groups is 2. The third-order valence-corrected chi connectivity index (χ3v) is 6.35. The van der Waals surface area contributed by atoms with Gasteiger partial charge in [-0.2, -0.15) is 13.2 Å². The number of aliphatic carboxylic acids is 2. The fraction of sp³-hybridized carbons (Fsp3) is 0.636. The molecule has 3 atom stereocenters. The highest BCUT2D eigenvalue weighted by Crippen LogP contribution is 2.56. The fourth-order valence-corrected chi connectivity index (χ4v) is 3.96. The second kappa shape index (κ2) is 9.81. The molecule has 3 N–H and O–H groups in total. The maximum Gasteiger partial charge on any atom is 0.416 e. The molecule has 0 bridgehead atoms. The first kappa shape index (κ1) is 25.9. The number of alkyl halides is 3. The number of hydrogen-bond acceptors (Lipinski definition) is 3. The van der Waals surface area contributed by atoms with Crippen molar-refractivity contribution in [3.63, 3.8) is 0 Å². The van der Waals surface area contributed by atoms with Crippen molar-refractivity contribution in [1.29, 1.82) is 0 Å². The van der Waals surface area contributed by atoms with Crippen LogP contribution in [0.3, 0.4) is 0 Å². The Hall–Kier alpha value is -2.09. The predicted molar refractivity (Wildman–Crippen MR) is 108 cm³/mol. The van der Waals surface area contributed by atoms with Crippen molar-refractivity contribution < 1.29 is 33.0 Å². The van der Waals surface area contributed by atoms with Crippen LogP contribution in [0.15, 0.2) is 24.3 Å². The molecule has 0 radical (unpaired) electrons. The maximum atomic E-state index is 12.4. The zero-order valence-electron chi connectivity index (χ0n) is 18.1. The molecule has 30 heavy (non-hydrogen) atoms. The number of rotatable bonds is 6. The summed E-state index contributed by atoms with van der Waals surface area (Å²) in [6.07, 6.45) is -2.76. The molecule has 2 rings (SSSR count). The summed E-state index contributed by atoms with van der Waals surface area (Å²) in [5.74, 6) is -2.34. The van der Waals surface area contributed by atoms with Crippen LogP contribution < -0.4 is 5.32 Å². The van der Waals surface area contributed by atoms with E-state index in [1.54, 1.807) is 26.8 Å². The van der Waals surface area contributed by atoms with E-state index in [1.165, 1.54) is 12.1 Å². The van der Waals surface area contributed by atoms with Gasteiger partial charge in [-0.25, -0.2) is 0 Å². The highest BCUT2D eigenvalue weighted by atomic mass is 19.4. The van der Waals surface area contributed by atoms with E-state index < -0.39 is 40.4 Å². The molecule has 1 aliphatic rings. The van der Waals surface area contributed by atoms with Crippen molar-refractivity contribution in [3.05, 3.63) is 35.4 Å². The summed E-state index contributed by atoms with van der Waals surface area (Å²) >= 11 is 0. The highest BCUT2D eigenvalue weighted by Gasteiger charge is 2.58. The largest absolute Gasteiger partial charge is 0.481 e. The van der Waals surface area contributed by atoms with Gasteiger partial charge in [0.05, 0.1) is 16.9 Å². The number of carboxylic acids is 2. The van der Waals surface area contributed by atoms with Gasteiger partial charge in [-0.15, -0.1) is 0 Å². The van der Waals surface area contributed by atoms with Gasteiger partial charge in [0.25, 0.3) is 0 Å². The van der Waals surface area contributed by atoms with Crippen LogP contribution in [-0.2, 0) is 22.2 Å². The van der Waals surface area contributed by atoms with Crippen molar-refractivity contribution in [3.8, 4) is 0 Å². The Bertz CT molecular complexity index is 748. The SMILES string of the molecule is CC1(C(=O)O)CCC(C(=O)O)C1(C)C.CCN[C@@H](C)Cc1cccc(C(F)(F)F)c1. The molecule has 8 heteroatoms. The maximum absolute atomic E-state index is 12.4. The van der Waals surface area contributed by atoms with E-state index in [2.05, 4.69) is 5.32 Å². The van der Waals surface area contributed by atoms with Crippen LogP contribution in [0.25, 0.3) is 0 Å². The minimum atomic E-state index is -4.25. The van der Waals surface area contributed by atoms with E-state index in [9.17, 15) is 22.8 Å². The molecule has 0 aliphatic heterocycles. The Kier molecular flexibility index (Phi) is 8.49. The molecule has 0 amide bonds. The highest BCUT2D eigenvalue weighted by molar-refractivity contribution is 5.80. The Balaban J connectivity index is 0.000000303. The van der Waals surface area contributed by atoms with Crippen LogP contribution in [0, 0.1) is 16.7 Å². The van der Waals surface area contributed by atoms with Gasteiger partial charge in [-0.3, -0.25) is 9.59 Å². The average molecular weight is 431 g/mol. The minimum absolute atomic E-state index is 0.188. The summed E-state index contributed by atoms with van der Waals surface area (Å²) in [4.78, 5) is 22.0. The molecule has 5 nitrogen and oxygen atoms in total. The topological polar surface area (TPSA) is 86.6 Å². The third kappa shape index (κ3) is 5.97. The second-order valence-corrected chi connectivity index (χ2v) is 8.65. The van der Waals surface area contributed by atoms with E-state index in [0.717, 1.165) is 12.6 Å². The smallest absolute Gasteiger partial charge is 0.416 e. The summed E-state index contributed by atoms with van der Waals surface area (Å²) in [7, 11) is 0. The van der Waals surface area contributed by atoms with Crippen LogP contribution in [0.1, 0.15) is 58.6 Å². The quantitative estimate of drug-likeness (QED) is 0.600. The molecule has 0 saturated heterocycles. The summed E-state index contributed by atoms with van der Waals surface area (Å²) in [5.41, 5.74) is -1.47. The van der Waals surface area contributed by atoms with Crippen molar-refractivity contribution in [2.24, 2.45) is 16.7 Å². The van der Waals surface area contributed by atoms with Gasteiger partial charge in [0, 0.05) is 6.04 Å². The first-order valence-electron chi connectivity index (χ1n) is 10.0. The minimum Gasteiger partial charge on any atom is -0.481 e. The Morgan fingerprint density at radius 2 is 1.83 bits per heavy atom. The predicted octanol–water partition coefficient (Wildman–Crippen LogP) is 4.84.